The molecular weight excluding hydrogens is 473 g/mol. The minimum atomic E-state index is 0. The molecule has 2 N–H and O–H groups in total. The van der Waals surface area contributed by atoms with E-state index in [-0.39, 0.29) is 24.0 Å². The largest absolute Gasteiger partial charge is 0.443 e. The minimum absolute atomic E-state index is 0. The molecule has 0 radical (unpaired) electrons. The van der Waals surface area contributed by atoms with Gasteiger partial charge in [0.15, 0.2) is 5.96 Å². The zero-order valence-corrected chi connectivity index (χ0v) is 20.0. The van der Waals surface area contributed by atoms with E-state index in [1.54, 1.807) is 24.6 Å². The molecule has 0 bridgehead atoms. The van der Waals surface area contributed by atoms with E-state index < -0.39 is 0 Å². The lowest BCUT2D eigenvalue weighted by molar-refractivity contribution is 0.173. The molecule has 0 unspecified atom stereocenters. The zero-order chi connectivity index (χ0) is 18.9. The number of aromatic nitrogens is 1. The van der Waals surface area contributed by atoms with Crippen LogP contribution in [0.2, 0.25) is 0 Å². The van der Waals surface area contributed by atoms with Crippen LogP contribution in [0.15, 0.2) is 33.2 Å². The normalized spacial score (nSPS) is 11.9. The Balaban J connectivity index is 0.00000364. The van der Waals surface area contributed by atoms with Crippen molar-refractivity contribution < 1.29 is 4.42 Å². The summed E-state index contributed by atoms with van der Waals surface area (Å²) in [6.07, 6.45) is 2.77. The lowest BCUT2D eigenvalue weighted by Gasteiger charge is -2.30. The van der Waals surface area contributed by atoms with Crippen molar-refractivity contribution in [3.05, 3.63) is 29.5 Å². The summed E-state index contributed by atoms with van der Waals surface area (Å²) in [6.45, 7) is 11.5. The molecule has 2 aromatic heterocycles. The number of rotatable bonds is 9. The highest BCUT2D eigenvalue weighted by molar-refractivity contribution is 14.0. The molecule has 0 aliphatic heterocycles. The Bertz CT molecular complexity index is 661. The lowest BCUT2D eigenvalue weighted by Crippen LogP contribution is -2.41. The number of nitrogens with zero attached hydrogens (tertiary/aromatic N) is 3. The predicted octanol–water partition coefficient (Wildman–Crippen LogP) is 4.20. The molecule has 0 aliphatic rings. The molecule has 2 rings (SSSR count). The zero-order valence-electron chi connectivity index (χ0n) is 16.9. The molecule has 0 spiro atoms. The lowest BCUT2D eigenvalue weighted by atomic mass is 10.2. The van der Waals surface area contributed by atoms with Crippen molar-refractivity contribution in [2.24, 2.45) is 4.99 Å². The molecule has 0 aliphatic carbocycles. The maximum absolute atomic E-state index is 5.54. The van der Waals surface area contributed by atoms with Crippen LogP contribution in [0.4, 0.5) is 0 Å². The van der Waals surface area contributed by atoms with E-state index in [2.05, 4.69) is 53.2 Å². The molecule has 0 saturated heterocycles. The summed E-state index contributed by atoms with van der Waals surface area (Å²) in [6, 6.07) is 5.13. The maximum atomic E-state index is 5.54. The summed E-state index contributed by atoms with van der Waals surface area (Å²) >= 11 is 1.62. The van der Waals surface area contributed by atoms with Gasteiger partial charge < -0.3 is 15.1 Å². The molecule has 8 heteroatoms. The number of guanidine groups is 1. The van der Waals surface area contributed by atoms with Gasteiger partial charge in [0.25, 0.3) is 0 Å². The third-order valence-corrected chi connectivity index (χ3v) is 5.01. The molecule has 2 aromatic rings. The van der Waals surface area contributed by atoms with E-state index in [1.165, 1.54) is 0 Å². The van der Waals surface area contributed by atoms with Gasteiger partial charge in [0.2, 0.25) is 5.89 Å². The van der Waals surface area contributed by atoms with Crippen LogP contribution in [0.25, 0.3) is 10.8 Å². The van der Waals surface area contributed by atoms with Gasteiger partial charge in [0.1, 0.15) is 6.26 Å². The van der Waals surface area contributed by atoms with Crippen molar-refractivity contribution >= 4 is 41.3 Å². The summed E-state index contributed by atoms with van der Waals surface area (Å²) in [5, 5.41) is 8.66. The first-order valence-corrected chi connectivity index (χ1v) is 10.1. The van der Waals surface area contributed by atoms with Gasteiger partial charge in [0, 0.05) is 32.2 Å². The van der Waals surface area contributed by atoms with Gasteiger partial charge in [-0.05, 0) is 45.6 Å². The first-order valence-electron chi connectivity index (χ1n) is 9.19. The Kier molecular flexibility index (Phi) is 10.9. The smallest absolute Gasteiger partial charge is 0.236 e. The third-order valence-electron chi connectivity index (χ3n) is 4.16. The van der Waals surface area contributed by atoms with E-state index in [0.29, 0.717) is 24.5 Å². The molecule has 0 saturated carbocycles. The first kappa shape index (κ1) is 23.9. The third kappa shape index (κ3) is 7.79. The molecule has 0 aromatic carbocycles. The van der Waals surface area contributed by atoms with Crippen LogP contribution in [0.3, 0.4) is 0 Å². The Morgan fingerprint density at radius 1 is 1.26 bits per heavy atom. The van der Waals surface area contributed by atoms with Crippen molar-refractivity contribution in [2.75, 3.05) is 20.1 Å². The van der Waals surface area contributed by atoms with Gasteiger partial charge >= 0.3 is 0 Å². The van der Waals surface area contributed by atoms with E-state index in [9.17, 15) is 0 Å². The SMILES string of the molecule is CN=C(NCCCN(C(C)C)C(C)C)NCc1coc(-c2cccs2)n1.I. The quantitative estimate of drug-likeness (QED) is 0.232. The molecule has 0 atom stereocenters. The second-order valence-corrected chi connectivity index (χ2v) is 7.70. The molecule has 27 heavy (non-hydrogen) atoms. The summed E-state index contributed by atoms with van der Waals surface area (Å²) in [4.78, 5) is 12.3. The van der Waals surface area contributed by atoms with Crippen molar-refractivity contribution in [2.45, 2.75) is 52.7 Å². The van der Waals surface area contributed by atoms with Crippen LogP contribution in [0.1, 0.15) is 39.8 Å². The van der Waals surface area contributed by atoms with Crippen LogP contribution in [-0.2, 0) is 6.54 Å². The number of aliphatic imine (C=N–C) groups is 1. The molecule has 0 fully saturated rings. The second-order valence-electron chi connectivity index (χ2n) is 6.75. The molecule has 152 valence electrons. The van der Waals surface area contributed by atoms with Crippen molar-refractivity contribution in [3.8, 4) is 10.8 Å². The molecule has 0 amide bonds. The van der Waals surface area contributed by atoms with E-state index in [1.807, 2.05) is 17.5 Å². The van der Waals surface area contributed by atoms with Gasteiger partial charge in [-0.3, -0.25) is 9.89 Å². The second kappa shape index (κ2) is 12.4. The average molecular weight is 505 g/mol. The molecule has 2 heterocycles. The maximum Gasteiger partial charge on any atom is 0.236 e. The number of hydrogen-bond acceptors (Lipinski definition) is 5. The fraction of sp³-hybridized carbons (Fsp3) is 0.579. The number of thiophene rings is 1. The highest BCUT2D eigenvalue weighted by atomic mass is 127. The van der Waals surface area contributed by atoms with Crippen LogP contribution < -0.4 is 10.6 Å². The van der Waals surface area contributed by atoms with Gasteiger partial charge in [0.05, 0.1) is 17.1 Å². The summed E-state index contributed by atoms with van der Waals surface area (Å²) in [7, 11) is 1.78. The summed E-state index contributed by atoms with van der Waals surface area (Å²) in [5.74, 6) is 1.45. The molecule has 6 nitrogen and oxygen atoms in total. The van der Waals surface area contributed by atoms with Crippen molar-refractivity contribution in [3.63, 3.8) is 0 Å². The Morgan fingerprint density at radius 2 is 2.00 bits per heavy atom. The number of nitrogens with one attached hydrogen (secondary N) is 2. The van der Waals surface area contributed by atoms with Crippen LogP contribution in [-0.4, -0.2) is 48.1 Å². The standard InChI is InChI=1S/C19H31N5OS.HI/c1-14(2)24(15(3)4)10-7-9-21-19(20-5)22-12-16-13-25-18(23-16)17-8-6-11-26-17;/h6,8,11,13-15H,7,9-10,12H2,1-5H3,(H2,20,21,22);1H. The van der Waals surface area contributed by atoms with Gasteiger partial charge in [-0.15, -0.1) is 35.3 Å². The van der Waals surface area contributed by atoms with E-state index >= 15 is 0 Å². The predicted molar refractivity (Wildman–Crippen MR) is 125 cm³/mol. The minimum Gasteiger partial charge on any atom is -0.443 e. The monoisotopic (exact) mass is 505 g/mol. The van der Waals surface area contributed by atoms with Gasteiger partial charge in [-0.1, -0.05) is 6.07 Å². The fourth-order valence-electron chi connectivity index (χ4n) is 2.88. The van der Waals surface area contributed by atoms with Gasteiger partial charge in [-0.2, -0.15) is 0 Å². The molecular formula is C19H32IN5OS. The number of hydrogen-bond donors (Lipinski definition) is 2. The number of halogens is 1. The number of oxazole rings is 1. The topological polar surface area (TPSA) is 65.7 Å². The average Bonchev–Trinajstić information content (AvgIpc) is 3.27. The Hall–Kier alpha value is -1.13. The van der Waals surface area contributed by atoms with Crippen LogP contribution >= 0.6 is 35.3 Å². The van der Waals surface area contributed by atoms with E-state index in [4.69, 9.17) is 4.42 Å². The highest BCUT2D eigenvalue weighted by Gasteiger charge is 2.12. The fourth-order valence-corrected chi connectivity index (χ4v) is 3.53. The van der Waals surface area contributed by atoms with Crippen molar-refractivity contribution in [1.82, 2.24) is 20.5 Å². The van der Waals surface area contributed by atoms with Crippen molar-refractivity contribution in [1.29, 1.82) is 0 Å². The van der Waals surface area contributed by atoms with Crippen LogP contribution in [0.5, 0.6) is 0 Å². The first-order chi connectivity index (χ1) is 12.5. The Morgan fingerprint density at radius 3 is 2.59 bits per heavy atom. The van der Waals surface area contributed by atoms with E-state index in [0.717, 1.165) is 36.0 Å². The highest BCUT2D eigenvalue weighted by Crippen LogP contribution is 2.23. The van der Waals surface area contributed by atoms with Crippen LogP contribution in [0, 0.1) is 0 Å². The Labute approximate surface area is 183 Å². The summed E-state index contributed by atoms with van der Waals surface area (Å²) in [5.41, 5.74) is 0.863. The summed E-state index contributed by atoms with van der Waals surface area (Å²) < 4.78 is 5.54. The van der Waals surface area contributed by atoms with Gasteiger partial charge in [-0.25, -0.2) is 4.98 Å².